The Labute approximate surface area is 113 Å². The van der Waals surface area contributed by atoms with E-state index in [-0.39, 0.29) is 5.78 Å². The van der Waals surface area contributed by atoms with Crippen LogP contribution in [0, 0.1) is 5.92 Å². The van der Waals surface area contributed by atoms with E-state index < -0.39 is 0 Å². The molecule has 3 nitrogen and oxygen atoms in total. The average Bonchev–Trinajstić information content (AvgIpc) is 2.47. The fourth-order valence-electron chi connectivity index (χ4n) is 2.84. The quantitative estimate of drug-likeness (QED) is 0.856. The maximum atomic E-state index is 12.5. The highest BCUT2D eigenvalue weighted by molar-refractivity contribution is 6.07. The van der Waals surface area contributed by atoms with Crippen molar-refractivity contribution in [1.82, 2.24) is 10.3 Å². The van der Waals surface area contributed by atoms with Crippen LogP contribution in [0.25, 0.3) is 10.8 Å². The SMILES string of the molecule is O=C(CC1CCCNC1)c1cccc2cnccc12. The van der Waals surface area contributed by atoms with Gasteiger partial charge in [-0.2, -0.15) is 0 Å². The van der Waals surface area contributed by atoms with Gasteiger partial charge in [-0.05, 0) is 43.3 Å². The molecule has 98 valence electrons. The van der Waals surface area contributed by atoms with Crippen molar-refractivity contribution in [2.45, 2.75) is 19.3 Å². The van der Waals surface area contributed by atoms with E-state index in [1.54, 1.807) is 6.20 Å². The van der Waals surface area contributed by atoms with Crippen molar-refractivity contribution in [3.8, 4) is 0 Å². The van der Waals surface area contributed by atoms with Gasteiger partial charge in [0.2, 0.25) is 0 Å². The van der Waals surface area contributed by atoms with Gasteiger partial charge in [0, 0.05) is 29.8 Å². The Hall–Kier alpha value is -1.74. The van der Waals surface area contributed by atoms with E-state index in [1.807, 2.05) is 30.5 Å². The summed E-state index contributed by atoms with van der Waals surface area (Å²) in [6, 6.07) is 7.81. The third-order valence-corrected chi connectivity index (χ3v) is 3.85. The summed E-state index contributed by atoms with van der Waals surface area (Å²) >= 11 is 0. The predicted octanol–water partition coefficient (Wildman–Crippen LogP) is 2.81. The summed E-state index contributed by atoms with van der Waals surface area (Å²) in [5.41, 5.74) is 0.838. The standard InChI is InChI=1S/C16H18N2O/c19-16(9-12-3-2-7-17-10-12)15-5-1-4-13-11-18-8-6-14(13)15/h1,4-6,8,11-12,17H,2-3,7,9-10H2. The number of hydrogen-bond acceptors (Lipinski definition) is 3. The number of carbonyl (C=O) groups excluding carboxylic acids is 1. The fraction of sp³-hybridized carbons (Fsp3) is 0.375. The predicted molar refractivity (Wildman–Crippen MR) is 76.3 cm³/mol. The molecule has 0 radical (unpaired) electrons. The first kappa shape index (κ1) is 12.3. The van der Waals surface area contributed by atoms with Crippen LogP contribution in [-0.2, 0) is 0 Å². The van der Waals surface area contributed by atoms with Gasteiger partial charge in [0.15, 0.2) is 5.78 Å². The Kier molecular flexibility index (Phi) is 3.56. The lowest BCUT2D eigenvalue weighted by molar-refractivity contribution is 0.0955. The van der Waals surface area contributed by atoms with Crippen molar-refractivity contribution in [3.63, 3.8) is 0 Å². The molecular formula is C16H18N2O. The summed E-state index contributed by atoms with van der Waals surface area (Å²) in [5, 5.41) is 5.42. The van der Waals surface area contributed by atoms with E-state index in [2.05, 4.69) is 10.3 Å². The zero-order chi connectivity index (χ0) is 13.1. The molecular weight excluding hydrogens is 236 g/mol. The Morgan fingerprint density at radius 3 is 3.16 bits per heavy atom. The van der Waals surface area contributed by atoms with Crippen molar-refractivity contribution in [2.24, 2.45) is 5.92 Å². The van der Waals surface area contributed by atoms with Crippen LogP contribution in [0.4, 0.5) is 0 Å². The summed E-state index contributed by atoms with van der Waals surface area (Å²) in [5.74, 6) is 0.740. The molecule has 1 aliphatic rings. The first-order chi connectivity index (χ1) is 9.34. The van der Waals surface area contributed by atoms with Crippen LogP contribution in [0.1, 0.15) is 29.6 Å². The molecule has 2 aromatic rings. The Bertz CT molecular complexity index is 583. The van der Waals surface area contributed by atoms with Crippen LogP contribution in [-0.4, -0.2) is 23.9 Å². The molecule has 1 fully saturated rings. The Morgan fingerprint density at radius 1 is 1.37 bits per heavy atom. The number of benzene rings is 1. The smallest absolute Gasteiger partial charge is 0.163 e. The number of pyridine rings is 1. The minimum atomic E-state index is 0.255. The van der Waals surface area contributed by atoms with Gasteiger partial charge in [0.25, 0.3) is 0 Å². The van der Waals surface area contributed by atoms with Gasteiger partial charge in [0.05, 0.1) is 0 Å². The first-order valence-electron chi connectivity index (χ1n) is 6.91. The van der Waals surface area contributed by atoms with Crippen LogP contribution in [0.2, 0.25) is 0 Å². The maximum absolute atomic E-state index is 12.5. The average molecular weight is 254 g/mol. The summed E-state index contributed by atoms with van der Waals surface area (Å²) in [4.78, 5) is 16.6. The number of aromatic nitrogens is 1. The molecule has 1 aliphatic heterocycles. The molecule has 2 heterocycles. The molecule has 1 saturated heterocycles. The second kappa shape index (κ2) is 5.49. The van der Waals surface area contributed by atoms with Crippen molar-refractivity contribution in [2.75, 3.05) is 13.1 Å². The third kappa shape index (κ3) is 2.66. The number of nitrogens with zero attached hydrogens (tertiary/aromatic N) is 1. The van der Waals surface area contributed by atoms with E-state index in [9.17, 15) is 4.79 Å². The second-order valence-electron chi connectivity index (χ2n) is 5.24. The number of fused-ring (bicyclic) bond motifs is 1. The number of carbonyl (C=O) groups is 1. The molecule has 19 heavy (non-hydrogen) atoms. The van der Waals surface area contributed by atoms with Crippen molar-refractivity contribution in [3.05, 3.63) is 42.2 Å². The number of Topliss-reactive ketones (excluding diaryl/α,β-unsaturated/α-hetero) is 1. The molecule has 3 heteroatoms. The Morgan fingerprint density at radius 2 is 2.32 bits per heavy atom. The fourth-order valence-corrected chi connectivity index (χ4v) is 2.84. The van der Waals surface area contributed by atoms with E-state index >= 15 is 0 Å². The minimum absolute atomic E-state index is 0.255. The second-order valence-corrected chi connectivity index (χ2v) is 5.24. The van der Waals surface area contributed by atoms with E-state index in [4.69, 9.17) is 0 Å². The summed E-state index contributed by atoms with van der Waals surface area (Å²) in [7, 11) is 0. The molecule has 3 rings (SSSR count). The molecule has 1 aromatic carbocycles. The van der Waals surface area contributed by atoms with Crippen LogP contribution in [0.15, 0.2) is 36.7 Å². The van der Waals surface area contributed by atoms with Gasteiger partial charge in [-0.1, -0.05) is 18.2 Å². The topological polar surface area (TPSA) is 42.0 Å². The van der Waals surface area contributed by atoms with Crippen LogP contribution < -0.4 is 5.32 Å². The molecule has 1 atom stereocenters. The maximum Gasteiger partial charge on any atom is 0.163 e. The summed E-state index contributed by atoms with van der Waals surface area (Å²) in [6.45, 7) is 2.06. The molecule has 1 N–H and O–H groups in total. The highest BCUT2D eigenvalue weighted by Gasteiger charge is 2.18. The molecule has 0 spiro atoms. The normalized spacial score (nSPS) is 19.5. The van der Waals surface area contributed by atoms with Crippen molar-refractivity contribution < 1.29 is 4.79 Å². The highest BCUT2D eigenvalue weighted by Crippen LogP contribution is 2.22. The van der Waals surface area contributed by atoms with E-state index in [1.165, 1.54) is 6.42 Å². The van der Waals surface area contributed by atoms with Gasteiger partial charge in [-0.15, -0.1) is 0 Å². The van der Waals surface area contributed by atoms with E-state index in [0.29, 0.717) is 12.3 Å². The largest absolute Gasteiger partial charge is 0.316 e. The number of piperidine rings is 1. The number of ketones is 1. The summed E-state index contributed by atoms with van der Waals surface area (Å²) in [6.07, 6.45) is 6.55. The van der Waals surface area contributed by atoms with Crippen LogP contribution in [0.3, 0.4) is 0 Å². The van der Waals surface area contributed by atoms with Crippen molar-refractivity contribution in [1.29, 1.82) is 0 Å². The monoisotopic (exact) mass is 254 g/mol. The minimum Gasteiger partial charge on any atom is -0.316 e. The highest BCUT2D eigenvalue weighted by atomic mass is 16.1. The number of rotatable bonds is 3. The lowest BCUT2D eigenvalue weighted by Gasteiger charge is -2.22. The van der Waals surface area contributed by atoms with Gasteiger partial charge in [-0.3, -0.25) is 9.78 Å². The molecule has 1 aromatic heterocycles. The lowest BCUT2D eigenvalue weighted by atomic mass is 9.90. The molecule has 0 saturated carbocycles. The van der Waals surface area contributed by atoms with E-state index in [0.717, 1.165) is 35.8 Å². The molecule has 0 aliphatic carbocycles. The van der Waals surface area contributed by atoms with Gasteiger partial charge in [-0.25, -0.2) is 0 Å². The zero-order valence-corrected chi connectivity index (χ0v) is 10.9. The lowest BCUT2D eigenvalue weighted by Crippen LogP contribution is -2.31. The Balaban J connectivity index is 1.85. The number of nitrogens with one attached hydrogen (secondary N) is 1. The zero-order valence-electron chi connectivity index (χ0n) is 10.9. The molecule has 1 unspecified atom stereocenters. The van der Waals surface area contributed by atoms with Gasteiger partial charge < -0.3 is 5.32 Å². The summed E-state index contributed by atoms with van der Waals surface area (Å²) < 4.78 is 0. The van der Waals surface area contributed by atoms with Crippen molar-refractivity contribution >= 4 is 16.6 Å². The van der Waals surface area contributed by atoms with Crippen LogP contribution >= 0.6 is 0 Å². The third-order valence-electron chi connectivity index (χ3n) is 3.85. The van der Waals surface area contributed by atoms with Gasteiger partial charge >= 0.3 is 0 Å². The molecule has 0 bridgehead atoms. The van der Waals surface area contributed by atoms with Crippen LogP contribution in [0.5, 0.6) is 0 Å². The van der Waals surface area contributed by atoms with Gasteiger partial charge in [0.1, 0.15) is 0 Å². The number of hydrogen-bond donors (Lipinski definition) is 1. The first-order valence-corrected chi connectivity index (χ1v) is 6.91. The molecule has 0 amide bonds.